The molecule has 0 aliphatic heterocycles. The third kappa shape index (κ3) is 6.40. The van der Waals surface area contributed by atoms with Crippen LogP contribution < -0.4 is 5.32 Å². The Kier molecular flexibility index (Phi) is 6.66. The predicted octanol–water partition coefficient (Wildman–Crippen LogP) is 4.49. The van der Waals surface area contributed by atoms with Crippen molar-refractivity contribution in [1.29, 1.82) is 0 Å². The van der Waals surface area contributed by atoms with Crippen LogP contribution >= 0.6 is 0 Å². The second kappa shape index (κ2) is 9.19. The van der Waals surface area contributed by atoms with Crippen LogP contribution in [0.4, 0.5) is 14.9 Å². The highest BCUT2D eigenvalue weighted by molar-refractivity contribution is 7.86. The molecule has 0 fully saturated rings. The molecule has 2 aromatic rings. The molecule has 0 heterocycles. The van der Waals surface area contributed by atoms with E-state index in [-0.39, 0.29) is 18.4 Å². The lowest BCUT2D eigenvalue weighted by Crippen LogP contribution is -2.19. The molecule has 1 atom stereocenters. The summed E-state index contributed by atoms with van der Waals surface area (Å²) in [5, 5.41) is 2.40. The number of hydrogen-bond donors (Lipinski definition) is 1. The number of nitrogens with one attached hydrogen (secondary N) is 1. The van der Waals surface area contributed by atoms with E-state index in [4.69, 9.17) is 8.92 Å². The van der Waals surface area contributed by atoms with E-state index in [1.54, 1.807) is 6.07 Å². The Bertz CT molecular complexity index is 1000. The maximum Gasteiger partial charge on any atom is 0.412 e. The maximum absolute atomic E-state index is 14.4. The molecular formula is C21H22FNO5S. The smallest absolute Gasteiger partial charge is 0.412 e. The summed E-state index contributed by atoms with van der Waals surface area (Å²) in [6.45, 7) is 0.0932. The molecule has 0 aromatic heterocycles. The van der Waals surface area contributed by atoms with E-state index in [9.17, 15) is 17.6 Å². The van der Waals surface area contributed by atoms with Gasteiger partial charge >= 0.3 is 6.09 Å². The number of allylic oxidation sites excluding steroid dienone is 1. The fraction of sp³-hybridized carbons (Fsp3) is 0.286. The van der Waals surface area contributed by atoms with Gasteiger partial charge in [0.25, 0.3) is 10.1 Å². The number of rotatable bonds is 6. The highest BCUT2D eigenvalue weighted by Gasteiger charge is 2.20. The molecule has 154 valence electrons. The van der Waals surface area contributed by atoms with Crippen molar-refractivity contribution in [2.45, 2.75) is 32.0 Å². The molecule has 29 heavy (non-hydrogen) atoms. The lowest BCUT2D eigenvalue weighted by molar-refractivity contribution is 0.155. The molecule has 1 N–H and O–H groups in total. The Hall–Kier alpha value is -2.71. The highest BCUT2D eigenvalue weighted by Crippen LogP contribution is 2.30. The molecule has 2 aromatic carbocycles. The van der Waals surface area contributed by atoms with Crippen molar-refractivity contribution in [3.8, 4) is 0 Å². The predicted molar refractivity (Wildman–Crippen MR) is 108 cm³/mol. The molecule has 0 saturated carbocycles. The first-order valence-corrected chi connectivity index (χ1v) is 11.0. The van der Waals surface area contributed by atoms with Gasteiger partial charge in [-0.2, -0.15) is 8.42 Å². The lowest BCUT2D eigenvalue weighted by atomic mass is 9.92. The minimum atomic E-state index is -3.49. The van der Waals surface area contributed by atoms with E-state index in [1.807, 2.05) is 36.4 Å². The van der Waals surface area contributed by atoms with E-state index in [2.05, 4.69) is 5.32 Å². The number of benzene rings is 2. The molecule has 0 spiro atoms. The van der Waals surface area contributed by atoms with Crippen LogP contribution in [0, 0.1) is 5.82 Å². The molecule has 8 heteroatoms. The van der Waals surface area contributed by atoms with Gasteiger partial charge in [-0.05, 0) is 48.1 Å². The quantitative estimate of drug-likeness (QED) is 0.698. The van der Waals surface area contributed by atoms with Gasteiger partial charge in [-0.1, -0.05) is 42.5 Å². The van der Waals surface area contributed by atoms with Gasteiger partial charge in [-0.25, -0.2) is 9.18 Å². The fourth-order valence-electron chi connectivity index (χ4n) is 3.09. The molecule has 3 rings (SSSR count). The van der Waals surface area contributed by atoms with Crippen molar-refractivity contribution in [1.82, 2.24) is 0 Å². The number of carbonyl (C=O) groups is 1. The molecule has 0 radical (unpaired) electrons. The zero-order valence-electron chi connectivity index (χ0n) is 15.9. The zero-order valence-corrected chi connectivity index (χ0v) is 16.7. The first kappa shape index (κ1) is 21.0. The normalized spacial score (nSPS) is 16.8. The van der Waals surface area contributed by atoms with Crippen LogP contribution in [-0.2, 0) is 25.6 Å². The Morgan fingerprint density at radius 3 is 2.59 bits per heavy atom. The minimum absolute atomic E-state index is 0.0292. The summed E-state index contributed by atoms with van der Waals surface area (Å²) >= 11 is 0. The Morgan fingerprint density at radius 2 is 1.97 bits per heavy atom. The fourth-order valence-corrected chi connectivity index (χ4v) is 3.76. The summed E-state index contributed by atoms with van der Waals surface area (Å²) in [5.41, 5.74) is 2.46. The summed E-state index contributed by atoms with van der Waals surface area (Å²) in [5.74, 6) is -0.574. The van der Waals surface area contributed by atoms with Crippen molar-refractivity contribution in [3.63, 3.8) is 0 Å². The third-order valence-corrected chi connectivity index (χ3v) is 5.08. The van der Waals surface area contributed by atoms with Gasteiger partial charge < -0.3 is 4.74 Å². The summed E-state index contributed by atoms with van der Waals surface area (Å²) < 4.78 is 46.9. The maximum atomic E-state index is 14.4. The van der Waals surface area contributed by atoms with Crippen molar-refractivity contribution in [2.24, 2.45) is 0 Å². The topological polar surface area (TPSA) is 81.7 Å². The monoisotopic (exact) mass is 419 g/mol. The van der Waals surface area contributed by atoms with Crippen molar-refractivity contribution in [2.75, 3.05) is 11.6 Å². The van der Waals surface area contributed by atoms with Crippen molar-refractivity contribution >= 4 is 27.5 Å². The van der Waals surface area contributed by atoms with E-state index < -0.39 is 22.0 Å². The van der Waals surface area contributed by atoms with Gasteiger partial charge in [0.1, 0.15) is 12.4 Å². The van der Waals surface area contributed by atoms with E-state index in [1.165, 1.54) is 12.1 Å². The molecule has 1 unspecified atom stereocenters. The van der Waals surface area contributed by atoms with Crippen molar-refractivity contribution in [3.05, 3.63) is 71.6 Å². The van der Waals surface area contributed by atoms with Gasteiger partial charge in [0.15, 0.2) is 0 Å². The van der Waals surface area contributed by atoms with Gasteiger partial charge in [0.2, 0.25) is 0 Å². The molecule has 6 nitrogen and oxygen atoms in total. The third-order valence-electron chi connectivity index (χ3n) is 4.46. The summed E-state index contributed by atoms with van der Waals surface area (Å²) in [6, 6.07) is 13.7. The van der Waals surface area contributed by atoms with Crippen molar-refractivity contribution < 1.29 is 26.5 Å². The van der Waals surface area contributed by atoms with Crippen LogP contribution in [0.5, 0.6) is 0 Å². The summed E-state index contributed by atoms with van der Waals surface area (Å²) in [6.07, 6.45) is 3.30. The summed E-state index contributed by atoms with van der Waals surface area (Å²) in [4.78, 5) is 11.9. The van der Waals surface area contributed by atoms with Crippen LogP contribution in [0.2, 0.25) is 0 Å². The Labute approximate surface area is 169 Å². The largest absolute Gasteiger partial charge is 0.444 e. The number of halogens is 1. The van der Waals surface area contributed by atoms with E-state index in [0.717, 1.165) is 17.4 Å². The number of carbonyl (C=O) groups excluding carboxylic acids is 1. The van der Waals surface area contributed by atoms with Crippen LogP contribution in [0.1, 0.15) is 30.4 Å². The highest BCUT2D eigenvalue weighted by atomic mass is 32.2. The number of ether oxygens (including phenoxy) is 1. The standard InChI is InChI=1S/C21H22FNO5S/c1-29(25,26)28-18-10-7-16(8-11-18)17-9-12-20(19(22)13-17)23-21(24)27-14-15-5-3-2-4-6-15/h2-7,9,12-13,18H,8,10-11,14H2,1H3,(H,23,24). The molecule has 1 amide bonds. The van der Waals surface area contributed by atoms with E-state index in [0.29, 0.717) is 24.8 Å². The first-order chi connectivity index (χ1) is 13.8. The number of amides is 1. The molecular weight excluding hydrogens is 397 g/mol. The zero-order chi connectivity index (χ0) is 20.9. The minimum Gasteiger partial charge on any atom is -0.444 e. The lowest BCUT2D eigenvalue weighted by Gasteiger charge is -2.21. The molecule has 0 saturated heterocycles. The average Bonchev–Trinajstić information content (AvgIpc) is 2.68. The van der Waals surface area contributed by atoms with Gasteiger partial charge in [-0.3, -0.25) is 9.50 Å². The summed E-state index contributed by atoms with van der Waals surface area (Å²) in [7, 11) is -3.49. The van der Waals surface area contributed by atoms with Gasteiger partial charge in [-0.15, -0.1) is 0 Å². The van der Waals surface area contributed by atoms with Crippen LogP contribution in [0.15, 0.2) is 54.6 Å². The Balaban J connectivity index is 1.58. The van der Waals surface area contributed by atoms with Crippen LogP contribution in [0.25, 0.3) is 5.57 Å². The molecule has 1 aliphatic rings. The van der Waals surface area contributed by atoms with Gasteiger partial charge in [0, 0.05) is 0 Å². The molecule has 1 aliphatic carbocycles. The second-order valence-corrected chi connectivity index (χ2v) is 8.41. The number of hydrogen-bond acceptors (Lipinski definition) is 5. The van der Waals surface area contributed by atoms with E-state index >= 15 is 0 Å². The number of anilines is 1. The second-order valence-electron chi connectivity index (χ2n) is 6.81. The van der Waals surface area contributed by atoms with Crippen LogP contribution in [0.3, 0.4) is 0 Å². The van der Waals surface area contributed by atoms with Gasteiger partial charge in [0.05, 0.1) is 18.0 Å². The average molecular weight is 419 g/mol. The first-order valence-electron chi connectivity index (χ1n) is 9.15. The Morgan fingerprint density at radius 1 is 1.21 bits per heavy atom. The molecule has 0 bridgehead atoms. The van der Waals surface area contributed by atoms with Crippen LogP contribution in [-0.4, -0.2) is 26.9 Å². The SMILES string of the molecule is CS(=O)(=O)OC1CC=C(c2ccc(NC(=O)OCc3ccccc3)c(F)c2)CC1.